The van der Waals surface area contributed by atoms with Crippen LogP contribution in [0.25, 0.3) is 17.0 Å². The Labute approximate surface area is 103 Å². The highest BCUT2D eigenvalue weighted by Gasteiger charge is 2.14. The number of rotatable bonds is 1. The first-order valence-corrected chi connectivity index (χ1v) is 6.21. The largest absolute Gasteiger partial charge is 0.375 e. The molecule has 0 unspecified atom stereocenters. The minimum atomic E-state index is 0.586. The van der Waals surface area contributed by atoms with E-state index in [0.717, 1.165) is 28.4 Å². The molecule has 0 atom stereocenters. The number of thiazole rings is 1. The fraction of sp³-hybridized carbons (Fsp3) is 0.167. The summed E-state index contributed by atoms with van der Waals surface area (Å²) in [5.41, 5.74) is 10.7. The molecule has 86 valence electrons. The van der Waals surface area contributed by atoms with Crippen molar-refractivity contribution >= 4 is 22.1 Å². The van der Waals surface area contributed by atoms with Gasteiger partial charge in [0.2, 0.25) is 0 Å². The molecule has 0 saturated heterocycles. The van der Waals surface area contributed by atoms with Gasteiger partial charge in [-0.25, -0.2) is 9.97 Å². The lowest BCUT2D eigenvalue weighted by Gasteiger charge is -2.03. The van der Waals surface area contributed by atoms with Crippen LogP contribution in [0.1, 0.15) is 11.4 Å². The maximum absolute atomic E-state index is 5.69. The van der Waals surface area contributed by atoms with Crippen LogP contribution in [0.3, 0.4) is 0 Å². The van der Waals surface area contributed by atoms with Crippen LogP contribution in [0.4, 0.5) is 5.13 Å². The molecule has 0 fully saturated rings. The Morgan fingerprint density at radius 3 is 2.76 bits per heavy atom. The summed E-state index contributed by atoms with van der Waals surface area (Å²) in [5, 5.41) is 2.56. The summed E-state index contributed by atoms with van der Waals surface area (Å²) in [4.78, 5) is 8.89. The molecule has 0 amide bonds. The second-order valence-electron chi connectivity index (χ2n) is 3.98. The number of fused-ring (bicyclic) bond motifs is 1. The van der Waals surface area contributed by atoms with Crippen molar-refractivity contribution in [3.8, 4) is 11.4 Å². The third kappa shape index (κ3) is 1.51. The molecule has 5 heteroatoms. The fourth-order valence-electron chi connectivity index (χ4n) is 2.06. The van der Waals surface area contributed by atoms with E-state index in [2.05, 4.69) is 27.4 Å². The van der Waals surface area contributed by atoms with Gasteiger partial charge in [-0.3, -0.25) is 4.40 Å². The molecular formula is C12H12N4S. The first kappa shape index (κ1) is 10.3. The normalized spacial score (nSPS) is 11.2. The van der Waals surface area contributed by atoms with Crippen molar-refractivity contribution in [2.45, 2.75) is 13.8 Å². The van der Waals surface area contributed by atoms with E-state index in [9.17, 15) is 0 Å². The zero-order valence-electron chi connectivity index (χ0n) is 9.64. The number of aromatic nitrogens is 3. The van der Waals surface area contributed by atoms with Crippen molar-refractivity contribution in [2.24, 2.45) is 0 Å². The molecular weight excluding hydrogens is 232 g/mol. The van der Waals surface area contributed by atoms with Gasteiger partial charge < -0.3 is 5.73 Å². The van der Waals surface area contributed by atoms with E-state index in [-0.39, 0.29) is 0 Å². The molecule has 0 aliphatic carbocycles. The second kappa shape index (κ2) is 3.56. The highest BCUT2D eigenvalue weighted by molar-refractivity contribution is 7.13. The molecule has 3 heterocycles. The van der Waals surface area contributed by atoms with Gasteiger partial charge in [0.1, 0.15) is 11.3 Å². The van der Waals surface area contributed by atoms with Crippen LogP contribution >= 0.6 is 11.3 Å². The summed E-state index contributed by atoms with van der Waals surface area (Å²) < 4.78 is 2.11. The summed E-state index contributed by atoms with van der Waals surface area (Å²) in [5.74, 6) is 0. The predicted molar refractivity (Wildman–Crippen MR) is 70.2 cm³/mol. The van der Waals surface area contributed by atoms with Crippen molar-refractivity contribution in [2.75, 3.05) is 5.73 Å². The Kier molecular flexibility index (Phi) is 2.16. The molecule has 0 aliphatic heterocycles. The Hall–Kier alpha value is -1.88. The Balaban J connectivity index is 2.39. The quantitative estimate of drug-likeness (QED) is 0.716. The molecule has 0 aromatic carbocycles. The minimum Gasteiger partial charge on any atom is -0.375 e. The van der Waals surface area contributed by atoms with Gasteiger partial charge in [-0.1, -0.05) is 6.07 Å². The van der Waals surface area contributed by atoms with Gasteiger partial charge in [0.15, 0.2) is 5.13 Å². The van der Waals surface area contributed by atoms with Crippen LogP contribution < -0.4 is 5.73 Å². The lowest BCUT2D eigenvalue weighted by atomic mass is 10.2. The van der Waals surface area contributed by atoms with Crippen molar-refractivity contribution in [1.82, 2.24) is 14.4 Å². The molecule has 0 saturated carbocycles. The topological polar surface area (TPSA) is 56.2 Å². The molecule has 3 aromatic heterocycles. The third-order valence-corrected chi connectivity index (χ3v) is 3.45. The van der Waals surface area contributed by atoms with Crippen molar-refractivity contribution in [1.29, 1.82) is 0 Å². The lowest BCUT2D eigenvalue weighted by Crippen LogP contribution is -1.94. The SMILES string of the molecule is Cc1nc2cccc(C)n2c1-c1csc(N)n1. The summed E-state index contributed by atoms with van der Waals surface area (Å²) in [6.45, 7) is 4.06. The number of hydrogen-bond donors (Lipinski definition) is 1. The van der Waals surface area contributed by atoms with Gasteiger partial charge in [-0.15, -0.1) is 11.3 Å². The summed E-state index contributed by atoms with van der Waals surface area (Å²) in [7, 11) is 0. The molecule has 3 aromatic rings. The fourth-order valence-corrected chi connectivity index (χ4v) is 2.61. The van der Waals surface area contributed by atoms with E-state index in [4.69, 9.17) is 5.73 Å². The Morgan fingerprint density at radius 1 is 1.24 bits per heavy atom. The standard InChI is InChI=1S/C12H12N4S/c1-7-4-3-5-10-14-8(2)11(16(7)10)9-6-17-12(13)15-9/h3-6H,1-2H3,(H2,13,15). The number of imidazole rings is 1. The van der Waals surface area contributed by atoms with Crippen LogP contribution in [0.5, 0.6) is 0 Å². The van der Waals surface area contributed by atoms with Crippen LogP contribution in [0, 0.1) is 13.8 Å². The van der Waals surface area contributed by atoms with E-state index < -0.39 is 0 Å². The van der Waals surface area contributed by atoms with E-state index in [1.807, 2.05) is 24.4 Å². The molecule has 2 N–H and O–H groups in total. The smallest absolute Gasteiger partial charge is 0.180 e. The summed E-state index contributed by atoms with van der Waals surface area (Å²) in [6, 6.07) is 6.07. The predicted octanol–water partition coefficient (Wildman–Crippen LogP) is 2.66. The Bertz CT molecular complexity index is 696. The summed E-state index contributed by atoms with van der Waals surface area (Å²) >= 11 is 1.45. The van der Waals surface area contributed by atoms with Crippen LogP contribution in [-0.4, -0.2) is 14.4 Å². The van der Waals surface area contributed by atoms with Gasteiger partial charge in [-0.2, -0.15) is 0 Å². The van der Waals surface area contributed by atoms with E-state index in [0.29, 0.717) is 5.13 Å². The number of nitrogen functional groups attached to an aromatic ring is 1. The maximum atomic E-state index is 5.69. The number of pyridine rings is 1. The van der Waals surface area contributed by atoms with Gasteiger partial charge in [-0.05, 0) is 26.0 Å². The average Bonchev–Trinajstić information content (AvgIpc) is 2.82. The molecule has 17 heavy (non-hydrogen) atoms. The van der Waals surface area contributed by atoms with Crippen LogP contribution in [-0.2, 0) is 0 Å². The molecule has 0 spiro atoms. The van der Waals surface area contributed by atoms with Gasteiger partial charge in [0.05, 0.1) is 11.4 Å². The van der Waals surface area contributed by atoms with Gasteiger partial charge in [0, 0.05) is 11.1 Å². The van der Waals surface area contributed by atoms with Crippen molar-refractivity contribution in [3.05, 3.63) is 35.0 Å². The van der Waals surface area contributed by atoms with E-state index in [1.165, 1.54) is 11.3 Å². The van der Waals surface area contributed by atoms with Crippen LogP contribution in [0.15, 0.2) is 23.6 Å². The monoisotopic (exact) mass is 244 g/mol. The average molecular weight is 244 g/mol. The number of hydrogen-bond acceptors (Lipinski definition) is 4. The van der Waals surface area contributed by atoms with Gasteiger partial charge >= 0.3 is 0 Å². The lowest BCUT2D eigenvalue weighted by molar-refractivity contribution is 1.09. The van der Waals surface area contributed by atoms with E-state index >= 15 is 0 Å². The molecule has 0 radical (unpaired) electrons. The van der Waals surface area contributed by atoms with Crippen molar-refractivity contribution in [3.63, 3.8) is 0 Å². The number of anilines is 1. The Morgan fingerprint density at radius 2 is 2.06 bits per heavy atom. The minimum absolute atomic E-state index is 0.586. The highest BCUT2D eigenvalue weighted by atomic mass is 32.1. The zero-order chi connectivity index (χ0) is 12.0. The first-order valence-electron chi connectivity index (χ1n) is 5.33. The number of nitrogens with two attached hydrogens (primary N) is 1. The van der Waals surface area contributed by atoms with Gasteiger partial charge in [0.25, 0.3) is 0 Å². The van der Waals surface area contributed by atoms with E-state index in [1.54, 1.807) is 0 Å². The maximum Gasteiger partial charge on any atom is 0.180 e. The number of nitrogens with zero attached hydrogens (tertiary/aromatic N) is 3. The highest BCUT2D eigenvalue weighted by Crippen LogP contribution is 2.27. The molecule has 0 bridgehead atoms. The second-order valence-corrected chi connectivity index (χ2v) is 4.87. The first-order chi connectivity index (χ1) is 8.16. The molecule has 4 nitrogen and oxygen atoms in total. The molecule has 3 rings (SSSR count). The zero-order valence-corrected chi connectivity index (χ0v) is 10.5. The summed E-state index contributed by atoms with van der Waals surface area (Å²) in [6.07, 6.45) is 0. The van der Waals surface area contributed by atoms with Crippen LogP contribution in [0.2, 0.25) is 0 Å². The molecule has 0 aliphatic rings. The third-order valence-electron chi connectivity index (χ3n) is 2.78. The number of aryl methyl sites for hydroxylation is 2. The van der Waals surface area contributed by atoms with Crippen molar-refractivity contribution < 1.29 is 0 Å².